The van der Waals surface area contributed by atoms with Crippen molar-refractivity contribution in [3.05, 3.63) is 45.5 Å². The fourth-order valence-electron chi connectivity index (χ4n) is 1.71. The van der Waals surface area contributed by atoms with E-state index in [1.54, 1.807) is 24.1 Å². The topological polar surface area (TPSA) is 53.7 Å². The van der Waals surface area contributed by atoms with Crippen LogP contribution in [0.25, 0.3) is 0 Å². The second-order valence-electron chi connectivity index (χ2n) is 4.33. The number of furan rings is 1. The van der Waals surface area contributed by atoms with E-state index in [-0.39, 0.29) is 12.5 Å². The van der Waals surface area contributed by atoms with Crippen molar-refractivity contribution >= 4 is 17.2 Å². The molecular formula is C15H15NO3S. The van der Waals surface area contributed by atoms with E-state index in [2.05, 4.69) is 11.8 Å². The minimum Gasteiger partial charge on any atom is -0.456 e. The minimum atomic E-state index is -0.151. The summed E-state index contributed by atoms with van der Waals surface area (Å²) >= 11 is 1.54. The molecule has 2 heterocycles. The molecule has 4 nitrogen and oxygen atoms in total. The number of rotatable bonds is 3. The zero-order valence-corrected chi connectivity index (χ0v) is 12.2. The van der Waals surface area contributed by atoms with Crippen LogP contribution in [0.3, 0.4) is 0 Å². The van der Waals surface area contributed by atoms with Gasteiger partial charge in [0.1, 0.15) is 12.4 Å². The second kappa shape index (κ2) is 6.42. The molecule has 2 aromatic rings. The summed E-state index contributed by atoms with van der Waals surface area (Å²) in [6.07, 6.45) is 0. The van der Waals surface area contributed by atoms with Crippen LogP contribution in [0.2, 0.25) is 0 Å². The van der Waals surface area contributed by atoms with Gasteiger partial charge in [-0.05, 0) is 25.1 Å². The number of nitrogens with zero attached hydrogens (tertiary/aromatic N) is 1. The summed E-state index contributed by atoms with van der Waals surface area (Å²) < 4.78 is 5.32. The Bertz CT molecular complexity index is 660. The molecule has 0 unspecified atom stereocenters. The van der Waals surface area contributed by atoms with Gasteiger partial charge in [-0.15, -0.1) is 11.3 Å². The third kappa shape index (κ3) is 3.50. The molecule has 0 spiro atoms. The van der Waals surface area contributed by atoms with Crippen molar-refractivity contribution in [2.75, 3.05) is 13.7 Å². The van der Waals surface area contributed by atoms with Gasteiger partial charge in [0.2, 0.25) is 0 Å². The van der Waals surface area contributed by atoms with Crippen molar-refractivity contribution in [2.24, 2.45) is 0 Å². The van der Waals surface area contributed by atoms with Crippen molar-refractivity contribution in [3.8, 4) is 11.8 Å². The van der Waals surface area contributed by atoms with E-state index in [9.17, 15) is 4.79 Å². The first-order chi connectivity index (χ1) is 9.60. The molecule has 0 fully saturated rings. The van der Waals surface area contributed by atoms with E-state index in [4.69, 9.17) is 9.52 Å². The highest BCUT2D eigenvalue weighted by atomic mass is 32.1. The van der Waals surface area contributed by atoms with E-state index < -0.39 is 0 Å². The molecule has 0 atom stereocenters. The first kappa shape index (κ1) is 14.4. The third-order valence-corrected chi connectivity index (χ3v) is 3.58. The Labute approximate surface area is 121 Å². The molecule has 5 heteroatoms. The van der Waals surface area contributed by atoms with Gasteiger partial charge in [-0.1, -0.05) is 11.8 Å². The largest absolute Gasteiger partial charge is 0.456 e. The van der Waals surface area contributed by atoms with Crippen LogP contribution < -0.4 is 0 Å². The highest BCUT2D eigenvalue weighted by molar-refractivity contribution is 7.10. The summed E-state index contributed by atoms with van der Waals surface area (Å²) in [4.78, 5) is 14.8. The highest BCUT2D eigenvalue weighted by Crippen LogP contribution is 2.17. The van der Waals surface area contributed by atoms with Gasteiger partial charge in [0.25, 0.3) is 5.91 Å². The number of hydrogen-bond acceptors (Lipinski definition) is 4. The standard InChI is InChI=1S/C15H15NO3S/c1-11-5-6-14(19-11)15(18)16(2)9-13-8-12(10-20-13)4-3-7-17/h5-6,8,10,17H,7,9H2,1-2H3. The minimum absolute atomic E-state index is 0.144. The van der Waals surface area contributed by atoms with E-state index in [0.717, 1.165) is 16.2 Å². The summed E-state index contributed by atoms with van der Waals surface area (Å²) in [6.45, 7) is 2.16. The van der Waals surface area contributed by atoms with Crippen LogP contribution in [0, 0.1) is 18.8 Å². The molecular weight excluding hydrogens is 274 g/mol. The van der Waals surface area contributed by atoms with Crippen LogP contribution in [0.5, 0.6) is 0 Å². The monoisotopic (exact) mass is 289 g/mol. The molecule has 0 saturated carbocycles. The van der Waals surface area contributed by atoms with E-state index >= 15 is 0 Å². The molecule has 0 aliphatic rings. The van der Waals surface area contributed by atoms with Gasteiger partial charge in [-0.25, -0.2) is 0 Å². The average molecular weight is 289 g/mol. The normalized spacial score (nSPS) is 9.95. The lowest BCUT2D eigenvalue weighted by Gasteiger charge is -2.14. The van der Waals surface area contributed by atoms with Crippen molar-refractivity contribution in [2.45, 2.75) is 13.5 Å². The number of carbonyl (C=O) groups is 1. The number of aryl methyl sites for hydroxylation is 1. The van der Waals surface area contributed by atoms with Crippen LogP contribution >= 0.6 is 11.3 Å². The van der Waals surface area contributed by atoms with Crippen LogP contribution in [0.1, 0.15) is 26.8 Å². The molecule has 0 aliphatic carbocycles. The van der Waals surface area contributed by atoms with Crippen molar-refractivity contribution in [3.63, 3.8) is 0 Å². The maximum absolute atomic E-state index is 12.1. The molecule has 1 N–H and O–H groups in total. The van der Waals surface area contributed by atoms with Crippen molar-refractivity contribution in [1.29, 1.82) is 0 Å². The van der Waals surface area contributed by atoms with Gasteiger partial charge in [-0.2, -0.15) is 0 Å². The van der Waals surface area contributed by atoms with Gasteiger partial charge >= 0.3 is 0 Å². The maximum Gasteiger partial charge on any atom is 0.289 e. The van der Waals surface area contributed by atoms with Crippen LogP contribution in [-0.2, 0) is 6.54 Å². The van der Waals surface area contributed by atoms with Crippen LogP contribution in [0.4, 0.5) is 0 Å². The first-order valence-corrected chi connectivity index (χ1v) is 6.97. The van der Waals surface area contributed by atoms with Gasteiger partial charge in [-0.3, -0.25) is 4.79 Å². The summed E-state index contributed by atoms with van der Waals surface area (Å²) in [5.74, 6) is 6.37. The summed E-state index contributed by atoms with van der Waals surface area (Å²) in [5.41, 5.74) is 0.855. The molecule has 1 amide bonds. The predicted octanol–water partition coefficient (Wildman–Crippen LogP) is 2.27. The zero-order valence-electron chi connectivity index (χ0n) is 11.3. The van der Waals surface area contributed by atoms with Crippen molar-refractivity contribution < 1.29 is 14.3 Å². The number of thiophene rings is 1. The fourth-order valence-corrected chi connectivity index (χ4v) is 2.58. The van der Waals surface area contributed by atoms with Crippen LogP contribution in [0.15, 0.2) is 28.0 Å². The Morgan fingerprint density at radius 2 is 2.30 bits per heavy atom. The molecule has 2 rings (SSSR count). The Hall–Kier alpha value is -2.03. The molecule has 0 aliphatic heterocycles. The molecule has 104 valence electrons. The van der Waals surface area contributed by atoms with Gasteiger partial charge < -0.3 is 14.4 Å². The summed E-state index contributed by atoms with van der Waals surface area (Å²) in [5, 5.41) is 10.6. The second-order valence-corrected chi connectivity index (χ2v) is 5.33. The summed E-state index contributed by atoms with van der Waals surface area (Å²) in [6, 6.07) is 5.38. The van der Waals surface area contributed by atoms with E-state index in [0.29, 0.717) is 12.3 Å². The first-order valence-electron chi connectivity index (χ1n) is 6.09. The Balaban J connectivity index is 2.02. The Morgan fingerprint density at radius 3 is 2.95 bits per heavy atom. The van der Waals surface area contributed by atoms with Gasteiger partial charge in [0.15, 0.2) is 5.76 Å². The van der Waals surface area contributed by atoms with Crippen molar-refractivity contribution in [1.82, 2.24) is 4.90 Å². The lowest BCUT2D eigenvalue weighted by atomic mass is 10.3. The smallest absolute Gasteiger partial charge is 0.289 e. The van der Waals surface area contributed by atoms with Crippen LogP contribution in [-0.4, -0.2) is 29.6 Å². The molecule has 0 radical (unpaired) electrons. The number of aliphatic hydroxyl groups is 1. The van der Waals surface area contributed by atoms with E-state index in [1.165, 1.54) is 11.3 Å². The third-order valence-electron chi connectivity index (χ3n) is 2.66. The number of hydrogen-bond donors (Lipinski definition) is 1. The molecule has 0 bridgehead atoms. The summed E-state index contributed by atoms with van der Waals surface area (Å²) in [7, 11) is 1.74. The lowest BCUT2D eigenvalue weighted by Crippen LogP contribution is -2.25. The van der Waals surface area contributed by atoms with Gasteiger partial charge in [0.05, 0.1) is 6.54 Å². The lowest BCUT2D eigenvalue weighted by molar-refractivity contribution is 0.0753. The molecule has 20 heavy (non-hydrogen) atoms. The molecule has 0 saturated heterocycles. The van der Waals surface area contributed by atoms with Gasteiger partial charge in [0, 0.05) is 22.9 Å². The highest BCUT2D eigenvalue weighted by Gasteiger charge is 2.16. The average Bonchev–Trinajstić information content (AvgIpc) is 3.04. The maximum atomic E-state index is 12.1. The fraction of sp³-hybridized carbons (Fsp3) is 0.267. The molecule has 2 aromatic heterocycles. The Kier molecular flexibility index (Phi) is 4.61. The number of carbonyl (C=O) groups excluding carboxylic acids is 1. The Morgan fingerprint density at radius 1 is 1.50 bits per heavy atom. The number of aliphatic hydroxyl groups excluding tert-OH is 1. The van der Waals surface area contributed by atoms with E-state index in [1.807, 2.05) is 18.4 Å². The zero-order chi connectivity index (χ0) is 14.5. The predicted molar refractivity (Wildman–Crippen MR) is 77.5 cm³/mol. The quantitative estimate of drug-likeness (QED) is 0.882. The molecule has 0 aromatic carbocycles. The SMILES string of the molecule is Cc1ccc(C(=O)N(C)Cc2cc(C#CCO)cs2)o1. The number of amides is 1.